The molecule has 1 heterocycles. The SMILES string of the molecule is COc1cc(/C=C/C(=O)c2ccc3c(c2O)C=CC(C)(C)O3)cc(OC)c1O. The first-order valence-electron chi connectivity index (χ1n) is 8.67. The van der Waals surface area contributed by atoms with Gasteiger partial charge in [0.15, 0.2) is 17.3 Å². The van der Waals surface area contributed by atoms with Gasteiger partial charge in [-0.25, -0.2) is 0 Å². The van der Waals surface area contributed by atoms with Crippen LogP contribution in [0.2, 0.25) is 0 Å². The lowest BCUT2D eigenvalue weighted by Gasteiger charge is -2.28. The zero-order valence-corrected chi connectivity index (χ0v) is 16.1. The van der Waals surface area contributed by atoms with Gasteiger partial charge >= 0.3 is 0 Å². The summed E-state index contributed by atoms with van der Waals surface area (Å²) < 4.78 is 16.0. The van der Waals surface area contributed by atoms with E-state index in [4.69, 9.17) is 14.2 Å². The number of allylic oxidation sites excluding steroid dienone is 1. The number of fused-ring (bicyclic) bond motifs is 1. The molecule has 3 rings (SSSR count). The molecule has 28 heavy (non-hydrogen) atoms. The van der Waals surface area contributed by atoms with E-state index in [1.54, 1.807) is 30.4 Å². The molecule has 1 aliphatic heterocycles. The summed E-state index contributed by atoms with van der Waals surface area (Å²) in [6, 6.07) is 6.36. The van der Waals surface area contributed by atoms with Crippen molar-refractivity contribution < 1.29 is 29.2 Å². The van der Waals surface area contributed by atoms with E-state index >= 15 is 0 Å². The first-order valence-corrected chi connectivity index (χ1v) is 8.67. The van der Waals surface area contributed by atoms with Crippen LogP contribution in [-0.2, 0) is 0 Å². The Morgan fingerprint density at radius 2 is 1.71 bits per heavy atom. The van der Waals surface area contributed by atoms with Crippen LogP contribution in [0.1, 0.15) is 35.3 Å². The minimum atomic E-state index is -0.470. The highest BCUT2D eigenvalue weighted by Gasteiger charge is 2.25. The van der Waals surface area contributed by atoms with Gasteiger partial charge < -0.3 is 24.4 Å². The average molecular weight is 382 g/mol. The Bertz CT molecular complexity index is 960. The molecule has 2 aromatic carbocycles. The number of phenols is 2. The maximum atomic E-state index is 12.6. The van der Waals surface area contributed by atoms with Crippen LogP contribution in [0.3, 0.4) is 0 Å². The molecule has 6 heteroatoms. The normalized spacial score (nSPS) is 14.4. The molecule has 1 aliphatic rings. The van der Waals surface area contributed by atoms with Gasteiger partial charge in [0.1, 0.15) is 17.1 Å². The van der Waals surface area contributed by atoms with Gasteiger partial charge in [-0.15, -0.1) is 0 Å². The summed E-state index contributed by atoms with van der Waals surface area (Å²) in [7, 11) is 2.85. The van der Waals surface area contributed by atoms with Gasteiger partial charge in [0.2, 0.25) is 5.75 Å². The summed E-state index contributed by atoms with van der Waals surface area (Å²) in [5, 5.41) is 20.5. The molecule has 146 valence electrons. The summed E-state index contributed by atoms with van der Waals surface area (Å²) in [5.74, 6) is 0.374. The van der Waals surface area contributed by atoms with Gasteiger partial charge in [-0.1, -0.05) is 6.08 Å². The maximum absolute atomic E-state index is 12.6. The van der Waals surface area contributed by atoms with E-state index in [1.165, 1.54) is 26.4 Å². The van der Waals surface area contributed by atoms with Gasteiger partial charge in [-0.3, -0.25) is 4.79 Å². The van der Waals surface area contributed by atoms with Gasteiger partial charge in [0, 0.05) is 0 Å². The van der Waals surface area contributed by atoms with Crippen molar-refractivity contribution in [1.29, 1.82) is 0 Å². The molecular weight excluding hydrogens is 360 g/mol. The fraction of sp³-hybridized carbons (Fsp3) is 0.227. The zero-order valence-electron chi connectivity index (χ0n) is 16.1. The third-order valence-corrected chi connectivity index (χ3v) is 4.40. The number of carbonyl (C=O) groups excluding carboxylic acids is 1. The highest BCUT2D eigenvalue weighted by Crippen LogP contribution is 2.39. The van der Waals surface area contributed by atoms with Crippen LogP contribution in [0, 0.1) is 0 Å². The van der Waals surface area contributed by atoms with Crippen LogP contribution in [0.25, 0.3) is 12.2 Å². The standard InChI is InChI=1S/C22H22O6/c1-22(2)10-9-15-17(28-22)8-6-14(20(15)24)16(23)7-5-13-11-18(26-3)21(25)19(12-13)27-4/h5-12,24-25H,1-4H3/b7-5+. The fourth-order valence-corrected chi connectivity index (χ4v) is 2.91. The Balaban J connectivity index is 1.90. The van der Waals surface area contributed by atoms with Crippen molar-refractivity contribution >= 4 is 17.9 Å². The van der Waals surface area contributed by atoms with Crippen molar-refractivity contribution in [2.75, 3.05) is 14.2 Å². The van der Waals surface area contributed by atoms with E-state index < -0.39 is 5.60 Å². The van der Waals surface area contributed by atoms with Crippen LogP contribution in [0.15, 0.2) is 36.4 Å². The summed E-state index contributed by atoms with van der Waals surface area (Å²) in [5.41, 5.74) is 0.775. The highest BCUT2D eigenvalue weighted by atomic mass is 16.5. The minimum Gasteiger partial charge on any atom is -0.506 e. The van der Waals surface area contributed by atoms with Gasteiger partial charge in [-0.2, -0.15) is 0 Å². The van der Waals surface area contributed by atoms with Gasteiger partial charge in [0.25, 0.3) is 0 Å². The number of ether oxygens (including phenoxy) is 3. The lowest BCUT2D eigenvalue weighted by Crippen LogP contribution is -2.27. The van der Waals surface area contributed by atoms with Crippen LogP contribution < -0.4 is 14.2 Å². The van der Waals surface area contributed by atoms with Crippen LogP contribution in [-0.4, -0.2) is 35.8 Å². The lowest BCUT2D eigenvalue weighted by molar-refractivity contribution is 0.104. The topological polar surface area (TPSA) is 85.2 Å². The summed E-state index contributed by atoms with van der Waals surface area (Å²) in [6.45, 7) is 3.82. The molecule has 0 unspecified atom stereocenters. The molecule has 2 N–H and O–H groups in total. The second kappa shape index (κ2) is 7.31. The van der Waals surface area contributed by atoms with Crippen LogP contribution in [0.5, 0.6) is 28.7 Å². The van der Waals surface area contributed by atoms with Crippen LogP contribution in [0.4, 0.5) is 0 Å². The summed E-state index contributed by atoms with van der Waals surface area (Å²) in [4.78, 5) is 12.6. The van der Waals surface area contributed by atoms with E-state index in [0.717, 1.165) is 0 Å². The molecule has 0 aliphatic carbocycles. The maximum Gasteiger partial charge on any atom is 0.200 e. The number of benzene rings is 2. The van der Waals surface area contributed by atoms with Gasteiger partial charge in [-0.05, 0) is 61.9 Å². The van der Waals surface area contributed by atoms with Gasteiger partial charge in [0.05, 0.1) is 25.3 Å². The van der Waals surface area contributed by atoms with Crippen molar-refractivity contribution in [1.82, 2.24) is 0 Å². The average Bonchev–Trinajstić information content (AvgIpc) is 2.66. The van der Waals surface area contributed by atoms with Crippen molar-refractivity contribution in [3.05, 3.63) is 53.1 Å². The van der Waals surface area contributed by atoms with E-state index in [0.29, 0.717) is 16.9 Å². The molecule has 6 nitrogen and oxygen atoms in total. The van der Waals surface area contributed by atoms with E-state index in [1.807, 2.05) is 19.9 Å². The molecule has 0 amide bonds. The number of rotatable bonds is 5. The smallest absolute Gasteiger partial charge is 0.200 e. The number of ketones is 1. The molecule has 0 spiro atoms. The van der Waals surface area contributed by atoms with Crippen molar-refractivity contribution in [2.24, 2.45) is 0 Å². The third-order valence-electron chi connectivity index (χ3n) is 4.40. The monoisotopic (exact) mass is 382 g/mol. The predicted molar refractivity (Wildman–Crippen MR) is 106 cm³/mol. The van der Waals surface area contributed by atoms with E-state index in [-0.39, 0.29) is 34.3 Å². The number of hydrogen-bond acceptors (Lipinski definition) is 6. The molecule has 0 saturated heterocycles. The summed E-state index contributed by atoms with van der Waals surface area (Å²) in [6.07, 6.45) is 6.48. The second-order valence-corrected chi connectivity index (χ2v) is 6.88. The molecule has 0 saturated carbocycles. The predicted octanol–water partition coefficient (Wildman–Crippen LogP) is 4.20. The van der Waals surface area contributed by atoms with Crippen LogP contribution >= 0.6 is 0 Å². The molecule has 0 atom stereocenters. The van der Waals surface area contributed by atoms with Crippen molar-refractivity contribution in [3.8, 4) is 28.7 Å². The Morgan fingerprint density at radius 1 is 1.07 bits per heavy atom. The summed E-state index contributed by atoms with van der Waals surface area (Å²) >= 11 is 0. The third kappa shape index (κ3) is 3.67. The quantitative estimate of drug-likeness (QED) is 0.596. The molecule has 0 aromatic heterocycles. The molecule has 2 aromatic rings. The Kier molecular flexibility index (Phi) is 5.05. The minimum absolute atomic E-state index is 0.115. The number of phenolic OH excluding ortho intramolecular Hbond substituents is 2. The lowest BCUT2D eigenvalue weighted by atomic mass is 9.98. The van der Waals surface area contributed by atoms with E-state index in [2.05, 4.69) is 0 Å². The number of aromatic hydroxyl groups is 2. The van der Waals surface area contributed by atoms with E-state index in [9.17, 15) is 15.0 Å². The fourth-order valence-electron chi connectivity index (χ4n) is 2.91. The second-order valence-electron chi connectivity index (χ2n) is 6.88. The molecule has 0 radical (unpaired) electrons. The number of hydrogen-bond donors (Lipinski definition) is 2. The molecule has 0 fully saturated rings. The van der Waals surface area contributed by atoms with Crippen molar-refractivity contribution in [3.63, 3.8) is 0 Å². The first kappa shape index (κ1) is 19.4. The zero-order chi connectivity index (χ0) is 20.5. The largest absolute Gasteiger partial charge is 0.506 e. The Labute approximate surface area is 163 Å². The highest BCUT2D eigenvalue weighted by molar-refractivity contribution is 6.09. The number of methoxy groups -OCH3 is 2. The number of carbonyl (C=O) groups is 1. The Hall–Kier alpha value is -3.41. The molecular formula is C22H22O6. The Morgan fingerprint density at radius 3 is 2.32 bits per heavy atom. The van der Waals surface area contributed by atoms with Crippen molar-refractivity contribution in [2.45, 2.75) is 19.4 Å². The molecule has 0 bridgehead atoms. The first-order chi connectivity index (χ1) is 13.3.